The van der Waals surface area contributed by atoms with Gasteiger partial charge in [-0.3, -0.25) is 0 Å². The van der Waals surface area contributed by atoms with Crippen LogP contribution in [0.3, 0.4) is 0 Å². The Bertz CT molecular complexity index is 122. The van der Waals surface area contributed by atoms with Gasteiger partial charge in [-0.25, -0.2) is 0 Å². The van der Waals surface area contributed by atoms with Gasteiger partial charge in [0.2, 0.25) is 0 Å². The van der Waals surface area contributed by atoms with Crippen LogP contribution >= 0.6 is 24.4 Å². The Morgan fingerprint density at radius 1 is 1.44 bits per heavy atom. The number of rotatable bonds is 2. The van der Waals surface area contributed by atoms with Crippen LogP contribution in [0.25, 0.3) is 0 Å². The third-order valence-corrected chi connectivity index (χ3v) is 1.27. The van der Waals surface area contributed by atoms with Crippen molar-refractivity contribution in [2.75, 3.05) is 13.6 Å². The first-order chi connectivity index (χ1) is 4.16. The average molecular weight is 162 g/mol. The van der Waals surface area contributed by atoms with E-state index in [2.05, 4.69) is 10.6 Å². The number of thiocarbonyl (C=S) groups is 2. The van der Waals surface area contributed by atoms with Crippen molar-refractivity contribution in [3.63, 3.8) is 0 Å². The summed E-state index contributed by atoms with van der Waals surface area (Å²) in [5, 5.41) is 5.75. The van der Waals surface area contributed by atoms with Crippen LogP contribution in [0.2, 0.25) is 0 Å². The van der Waals surface area contributed by atoms with Crippen molar-refractivity contribution in [2.45, 2.75) is 6.92 Å². The summed E-state index contributed by atoms with van der Waals surface area (Å²) in [5.74, 6) is 0. The van der Waals surface area contributed by atoms with E-state index in [4.69, 9.17) is 24.4 Å². The van der Waals surface area contributed by atoms with Gasteiger partial charge in [-0.1, -0.05) is 24.4 Å². The molecule has 0 rings (SSSR count). The summed E-state index contributed by atoms with van der Waals surface area (Å²) in [5.41, 5.74) is 0. The first-order valence-electron chi connectivity index (χ1n) is 2.62. The fraction of sp³-hybridized carbons (Fsp3) is 0.600. The molecule has 0 aromatic carbocycles. The number of hydrogen-bond donors (Lipinski definition) is 2. The lowest BCUT2D eigenvalue weighted by atomic mass is 10.6. The van der Waals surface area contributed by atoms with E-state index < -0.39 is 0 Å². The Balaban J connectivity index is 3.28. The normalized spacial score (nSPS) is 8.22. The molecule has 0 aliphatic rings. The molecule has 2 nitrogen and oxygen atoms in total. The summed E-state index contributed by atoms with van der Waals surface area (Å²) in [6.07, 6.45) is 0. The van der Waals surface area contributed by atoms with E-state index in [1.54, 1.807) is 7.05 Å². The van der Waals surface area contributed by atoms with Gasteiger partial charge in [-0.05, 0) is 6.92 Å². The Hall–Kier alpha value is -0.220. The fourth-order valence-electron chi connectivity index (χ4n) is 0.293. The summed E-state index contributed by atoms with van der Waals surface area (Å²) in [4.78, 5) is 1.55. The van der Waals surface area contributed by atoms with Gasteiger partial charge in [0.1, 0.15) is 0 Å². The Morgan fingerprint density at radius 2 is 2.00 bits per heavy atom. The molecule has 0 amide bonds. The van der Waals surface area contributed by atoms with Gasteiger partial charge in [0, 0.05) is 7.05 Å². The van der Waals surface area contributed by atoms with Gasteiger partial charge < -0.3 is 10.6 Å². The molecule has 0 aliphatic carbocycles. The molecule has 0 atom stereocenters. The van der Waals surface area contributed by atoms with Gasteiger partial charge in [-0.2, -0.15) is 0 Å². The molecule has 0 aliphatic heterocycles. The van der Waals surface area contributed by atoms with Crippen LogP contribution in [-0.4, -0.2) is 23.6 Å². The zero-order valence-electron chi connectivity index (χ0n) is 5.52. The van der Waals surface area contributed by atoms with Crippen molar-refractivity contribution >= 4 is 34.4 Å². The van der Waals surface area contributed by atoms with Crippen LogP contribution < -0.4 is 10.6 Å². The highest BCUT2D eigenvalue weighted by Crippen LogP contribution is 1.69. The van der Waals surface area contributed by atoms with Gasteiger partial charge in [-0.15, -0.1) is 0 Å². The third-order valence-electron chi connectivity index (χ3n) is 0.777. The van der Waals surface area contributed by atoms with E-state index in [1.165, 1.54) is 0 Å². The smallest absolute Gasteiger partial charge is 0.0945 e. The molecule has 0 heterocycles. The quantitative estimate of drug-likeness (QED) is 0.576. The molecule has 0 aromatic rings. The zero-order valence-corrected chi connectivity index (χ0v) is 7.16. The average Bonchev–Trinajstić information content (AvgIpc) is 1.83. The fourth-order valence-corrected chi connectivity index (χ4v) is 0.437. The second-order valence-electron chi connectivity index (χ2n) is 1.58. The Labute approximate surface area is 66.0 Å². The lowest BCUT2D eigenvalue weighted by Gasteiger charge is -2.03. The van der Waals surface area contributed by atoms with E-state index in [0.29, 0.717) is 6.54 Å². The predicted molar refractivity (Wildman–Crippen MR) is 47.9 cm³/mol. The van der Waals surface area contributed by atoms with Crippen LogP contribution in [0.1, 0.15) is 6.92 Å². The number of hydrogen-bond acceptors (Lipinski definition) is 2. The molecular weight excluding hydrogens is 152 g/mol. The second-order valence-corrected chi connectivity index (χ2v) is 2.69. The highest BCUT2D eigenvalue weighted by molar-refractivity contribution is 7.80. The van der Waals surface area contributed by atoms with E-state index in [9.17, 15) is 0 Å². The van der Waals surface area contributed by atoms with Crippen molar-refractivity contribution in [2.24, 2.45) is 0 Å². The molecule has 0 saturated carbocycles. The van der Waals surface area contributed by atoms with Crippen molar-refractivity contribution in [1.29, 1.82) is 0 Å². The highest BCUT2D eigenvalue weighted by Gasteiger charge is 1.89. The Morgan fingerprint density at radius 3 is 2.33 bits per heavy atom. The molecule has 0 radical (unpaired) electrons. The summed E-state index contributed by atoms with van der Waals surface area (Å²) in [7, 11) is 1.79. The van der Waals surface area contributed by atoms with E-state index in [0.717, 1.165) is 9.98 Å². The molecule has 0 bridgehead atoms. The standard InChI is InChI=1S/C5H10N2S2/c1-4(8)7-3-5(9)6-2/h3H2,1-2H3,(H,6,9)(H,7,8). The second kappa shape index (κ2) is 4.64. The van der Waals surface area contributed by atoms with Gasteiger partial charge in [0.15, 0.2) is 0 Å². The molecule has 0 unspecified atom stereocenters. The van der Waals surface area contributed by atoms with Crippen LogP contribution in [0.4, 0.5) is 0 Å². The van der Waals surface area contributed by atoms with Gasteiger partial charge >= 0.3 is 0 Å². The zero-order chi connectivity index (χ0) is 7.28. The molecular formula is C5H10N2S2. The molecule has 4 heteroatoms. The number of likely N-dealkylation sites (N-methyl/N-ethyl adjacent to an activating group) is 1. The molecule has 0 spiro atoms. The third kappa shape index (κ3) is 5.65. The minimum Gasteiger partial charge on any atom is -0.381 e. The summed E-state index contributed by atoms with van der Waals surface area (Å²) < 4.78 is 0. The van der Waals surface area contributed by atoms with Crippen molar-refractivity contribution in [3.8, 4) is 0 Å². The van der Waals surface area contributed by atoms with E-state index >= 15 is 0 Å². The molecule has 2 N–H and O–H groups in total. The maximum absolute atomic E-state index is 4.84. The molecule has 52 valence electrons. The molecule has 0 fully saturated rings. The Kier molecular flexibility index (Phi) is 4.53. The van der Waals surface area contributed by atoms with Crippen LogP contribution in [0, 0.1) is 0 Å². The lowest BCUT2D eigenvalue weighted by Crippen LogP contribution is -2.31. The minimum atomic E-state index is 0.640. The van der Waals surface area contributed by atoms with Gasteiger partial charge in [0.25, 0.3) is 0 Å². The molecule has 0 aromatic heterocycles. The van der Waals surface area contributed by atoms with Crippen LogP contribution in [-0.2, 0) is 0 Å². The monoisotopic (exact) mass is 162 g/mol. The maximum Gasteiger partial charge on any atom is 0.0945 e. The maximum atomic E-state index is 4.84. The SMILES string of the molecule is CNC(=S)CNC(C)=S. The predicted octanol–water partition coefficient (Wildman–Crippen LogP) is 0.470. The summed E-state index contributed by atoms with van der Waals surface area (Å²) in [6.45, 7) is 2.47. The number of nitrogens with one attached hydrogen (secondary N) is 2. The van der Waals surface area contributed by atoms with E-state index in [-0.39, 0.29) is 0 Å². The topological polar surface area (TPSA) is 24.1 Å². The first kappa shape index (κ1) is 8.78. The van der Waals surface area contributed by atoms with Crippen molar-refractivity contribution in [1.82, 2.24) is 10.6 Å². The minimum absolute atomic E-state index is 0.640. The van der Waals surface area contributed by atoms with Crippen molar-refractivity contribution in [3.05, 3.63) is 0 Å². The van der Waals surface area contributed by atoms with E-state index in [1.807, 2.05) is 6.92 Å². The first-order valence-corrected chi connectivity index (χ1v) is 3.43. The molecule has 9 heavy (non-hydrogen) atoms. The molecule has 0 saturated heterocycles. The van der Waals surface area contributed by atoms with Crippen molar-refractivity contribution < 1.29 is 0 Å². The van der Waals surface area contributed by atoms with Crippen LogP contribution in [0.15, 0.2) is 0 Å². The van der Waals surface area contributed by atoms with Gasteiger partial charge in [0.05, 0.1) is 16.5 Å². The summed E-state index contributed by atoms with van der Waals surface area (Å²) >= 11 is 9.60. The highest BCUT2D eigenvalue weighted by atomic mass is 32.1. The summed E-state index contributed by atoms with van der Waals surface area (Å²) in [6, 6.07) is 0. The lowest BCUT2D eigenvalue weighted by molar-refractivity contribution is 1.04. The van der Waals surface area contributed by atoms with Crippen LogP contribution in [0.5, 0.6) is 0 Å². The largest absolute Gasteiger partial charge is 0.381 e.